The van der Waals surface area contributed by atoms with Gasteiger partial charge in [-0.15, -0.1) is 11.3 Å². The fourth-order valence-corrected chi connectivity index (χ4v) is 4.19. The third kappa shape index (κ3) is 2.26. The highest BCUT2D eigenvalue weighted by molar-refractivity contribution is 9.10. The lowest BCUT2D eigenvalue weighted by Gasteiger charge is -2.23. The number of thiophene rings is 1. The highest BCUT2D eigenvalue weighted by Gasteiger charge is 2.17. The molecule has 0 atom stereocenters. The summed E-state index contributed by atoms with van der Waals surface area (Å²) in [5, 5.41) is 4.75. The first kappa shape index (κ1) is 12.4. The van der Waals surface area contributed by atoms with Crippen LogP contribution in [0.1, 0.15) is 37.0 Å². The highest BCUT2D eigenvalue weighted by atomic mass is 79.9. The minimum atomic E-state index is 0.573. The second-order valence-corrected chi connectivity index (χ2v) is 6.85. The molecule has 1 fully saturated rings. The maximum Gasteiger partial charge on any atom is 0.139 e. The maximum atomic E-state index is 4.43. The predicted octanol–water partition coefficient (Wildman–Crippen LogP) is 4.51. The molecule has 0 saturated heterocycles. The van der Waals surface area contributed by atoms with Crippen LogP contribution in [0.25, 0.3) is 10.2 Å². The molecule has 2 heterocycles. The normalized spacial score (nSPS) is 17.2. The molecule has 18 heavy (non-hydrogen) atoms. The molecular formula is C13H16BrN3S. The summed E-state index contributed by atoms with van der Waals surface area (Å²) in [6, 6.07) is 0.573. The molecule has 0 spiro atoms. The lowest BCUT2D eigenvalue weighted by molar-refractivity contribution is 0.462. The Kier molecular flexibility index (Phi) is 3.52. The first-order valence-corrected chi connectivity index (χ1v) is 8.03. The van der Waals surface area contributed by atoms with E-state index < -0.39 is 0 Å². The summed E-state index contributed by atoms with van der Waals surface area (Å²) >= 11 is 5.37. The van der Waals surface area contributed by atoms with Gasteiger partial charge in [-0.25, -0.2) is 9.97 Å². The maximum absolute atomic E-state index is 4.43. The van der Waals surface area contributed by atoms with E-state index in [1.807, 2.05) is 0 Å². The number of fused-ring (bicyclic) bond motifs is 1. The monoisotopic (exact) mass is 325 g/mol. The Balaban J connectivity index is 1.95. The number of rotatable bonds is 2. The lowest BCUT2D eigenvalue weighted by Crippen LogP contribution is -2.22. The molecule has 0 radical (unpaired) electrons. The van der Waals surface area contributed by atoms with E-state index in [0.29, 0.717) is 6.04 Å². The summed E-state index contributed by atoms with van der Waals surface area (Å²) in [7, 11) is 0. The third-order valence-electron chi connectivity index (χ3n) is 3.54. The smallest absolute Gasteiger partial charge is 0.139 e. The summed E-state index contributed by atoms with van der Waals surface area (Å²) in [6.45, 7) is 2.11. The fraction of sp³-hybridized carbons (Fsp3) is 0.538. The number of anilines is 1. The Morgan fingerprint density at radius 2 is 2.06 bits per heavy atom. The zero-order valence-corrected chi connectivity index (χ0v) is 12.8. The van der Waals surface area contributed by atoms with Gasteiger partial charge in [0.05, 0.1) is 5.39 Å². The Morgan fingerprint density at radius 3 is 2.83 bits per heavy atom. The van der Waals surface area contributed by atoms with E-state index in [0.717, 1.165) is 20.5 Å². The van der Waals surface area contributed by atoms with Crippen molar-refractivity contribution in [2.75, 3.05) is 5.32 Å². The molecule has 1 saturated carbocycles. The van der Waals surface area contributed by atoms with Gasteiger partial charge in [0.15, 0.2) is 0 Å². The van der Waals surface area contributed by atoms with Crippen molar-refractivity contribution >= 4 is 43.3 Å². The second-order valence-electron chi connectivity index (χ2n) is 4.85. The van der Waals surface area contributed by atoms with Gasteiger partial charge in [-0.1, -0.05) is 19.3 Å². The van der Waals surface area contributed by atoms with Crippen LogP contribution in [-0.4, -0.2) is 16.0 Å². The van der Waals surface area contributed by atoms with Crippen LogP contribution in [0.5, 0.6) is 0 Å². The summed E-state index contributed by atoms with van der Waals surface area (Å²) in [5.41, 5.74) is 0. The number of hydrogen-bond donors (Lipinski definition) is 1. The average Bonchev–Trinajstić information content (AvgIpc) is 2.67. The van der Waals surface area contributed by atoms with Crippen LogP contribution in [-0.2, 0) is 0 Å². The van der Waals surface area contributed by atoms with E-state index in [1.54, 1.807) is 17.7 Å². The molecule has 1 aliphatic rings. The molecule has 96 valence electrons. The number of hydrogen-bond acceptors (Lipinski definition) is 4. The van der Waals surface area contributed by atoms with E-state index in [1.165, 1.54) is 37.0 Å². The highest BCUT2D eigenvalue weighted by Crippen LogP contribution is 2.37. The Hall–Kier alpha value is -0.680. The lowest BCUT2D eigenvalue weighted by atomic mass is 9.95. The molecule has 1 aliphatic carbocycles. The zero-order chi connectivity index (χ0) is 12.5. The molecule has 0 aromatic carbocycles. The van der Waals surface area contributed by atoms with Crippen molar-refractivity contribution in [2.24, 2.45) is 0 Å². The van der Waals surface area contributed by atoms with Crippen molar-refractivity contribution in [1.82, 2.24) is 9.97 Å². The van der Waals surface area contributed by atoms with Crippen LogP contribution in [0.4, 0.5) is 5.82 Å². The van der Waals surface area contributed by atoms with Crippen molar-refractivity contribution in [3.63, 3.8) is 0 Å². The Morgan fingerprint density at radius 1 is 1.28 bits per heavy atom. The van der Waals surface area contributed by atoms with Crippen molar-refractivity contribution in [1.29, 1.82) is 0 Å². The van der Waals surface area contributed by atoms with Gasteiger partial charge in [0.25, 0.3) is 0 Å². The number of nitrogens with one attached hydrogen (secondary N) is 1. The van der Waals surface area contributed by atoms with Crippen molar-refractivity contribution < 1.29 is 0 Å². The summed E-state index contributed by atoms with van der Waals surface area (Å²) in [6.07, 6.45) is 8.21. The Labute approximate surface area is 119 Å². The van der Waals surface area contributed by atoms with Gasteiger partial charge >= 0.3 is 0 Å². The quantitative estimate of drug-likeness (QED) is 0.882. The van der Waals surface area contributed by atoms with E-state index in [4.69, 9.17) is 0 Å². The van der Waals surface area contributed by atoms with Crippen LogP contribution < -0.4 is 5.32 Å². The number of halogens is 1. The van der Waals surface area contributed by atoms with Crippen molar-refractivity contribution in [3.8, 4) is 0 Å². The van der Waals surface area contributed by atoms with Gasteiger partial charge in [-0.2, -0.15) is 0 Å². The number of aromatic nitrogens is 2. The van der Waals surface area contributed by atoms with Crippen LogP contribution in [0.15, 0.2) is 10.8 Å². The largest absolute Gasteiger partial charge is 0.367 e. The number of nitrogens with zero attached hydrogens (tertiary/aromatic N) is 2. The van der Waals surface area contributed by atoms with Gasteiger partial charge in [0.1, 0.15) is 17.0 Å². The molecule has 0 aliphatic heterocycles. The zero-order valence-electron chi connectivity index (χ0n) is 10.4. The molecule has 0 amide bonds. The van der Waals surface area contributed by atoms with Crippen molar-refractivity contribution in [2.45, 2.75) is 45.1 Å². The SMILES string of the molecule is Cc1sc2ncnc(NC3CCCCC3)c2c1Br. The van der Waals surface area contributed by atoms with Crippen LogP contribution in [0.3, 0.4) is 0 Å². The van der Waals surface area contributed by atoms with Gasteiger partial charge in [0.2, 0.25) is 0 Å². The first-order chi connectivity index (χ1) is 8.75. The molecule has 3 nitrogen and oxygen atoms in total. The van der Waals surface area contributed by atoms with Crippen LogP contribution in [0, 0.1) is 6.92 Å². The first-order valence-electron chi connectivity index (χ1n) is 6.42. The van der Waals surface area contributed by atoms with Crippen LogP contribution in [0.2, 0.25) is 0 Å². The average molecular weight is 326 g/mol. The second kappa shape index (κ2) is 5.13. The molecule has 0 unspecified atom stereocenters. The third-order valence-corrected chi connectivity index (χ3v) is 5.80. The van der Waals surface area contributed by atoms with Gasteiger partial charge in [0, 0.05) is 15.4 Å². The number of aryl methyl sites for hydroxylation is 1. The molecule has 2 aromatic heterocycles. The standard InChI is InChI=1S/C13H16BrN3S/c1-8-11(14)10-12(15-7-16-13(10)18-8)17-9-5-3-2-4-6-9/h7,9H,2-6H2,1H3,(H,15,16,17). The van der Waals surface area contributed by atoms with E-state index in [-0.39, 0.29) is 0 Å². The summed E-state index contributed by atoms with van der Waals surface area (Å²) in [5.74, 6) is 0.989. The molecule has 5 heteroatoms. The summed E-state index contributed by atoms with van der Waals surface area (Å²) < 4.78 is 1.14. The van der Waals surface area contributed by atoms with E-state index in [2.05, 4.69) is 38.1 Å². The predicted molar refractivity (Wildman–Crippen MR) is 80.3 cm³/mol. The Bertz CT molecular complexity index is 561. The topological polar surface area (TPSA) is 37.8 Å². The minimum Gasteiger partial charge on any atom is -0.367 e. The molecule has 3 rings (SSSR count). The van der Waals surface area contributed by atoms with Crippen molar-refractivity contribution in [3.05, 3.63) is 15.7 Å². The molecule has 2 aromatic rings. The van der Waals surface area contributed by atoms with Gasteiger partial charge < -0.3 is 5.32 Å². The van der Waals surface area contributed by atoms with Gasteiger partial charge in [-0.3, -0.25) is 0 Å². The van der Waals surface area contributed by atoms with E-state index in [9.17, 15) is 0 Å². The summed E-state index contributed by atoms with van der Waals surface area (Å²) in [4.78, 5) is 11.1. The fourth-order valence-electron chi connectivity index (χ4n) is 2.56. The van der Waals surface area contributed by atoms with Gasteiger partial charge in [-0.05, 0) is 35.7 Å². The van der Waals surface area contributed by atoms with Crippen LogP contribution >= 0.6 is 27.3 Å². The molecule has 0 bridgehead atoms. The molecular weight excluding hydrogens is 310 g/mol. The van der Waals surface area contributed by atoms with E-state index >= 15 is 0 Å². The minimum absolute atomic E-state index is 0.573. The molecule has 1 N–H and O–H groups in total.